The normalized spacial score (nSPS) is 10.9. The van der Waals surface area contributed by atoms with E-state index in [1.165, 1.54) is 0 Å². The number of hydrogen-bond donors (Lipinski definition) is 3. The van der Waals surface area contributed by atoms with Crippen molar-refractivity contribution in [1.82, 2.24) is 14.4 Å². The first-order valence-corrected chi connectivity index (χ1v) is 12.6. The van der Waals surface area contributed by atoms with Gasteiger partial charge in [-0.15, -0.1) is 11.3 Å². The highest BCUT2D eigenvalue weighted by Crippen LogP contribution is 2.31. The van der Waals surface area contributed by atoms with Crippen LogP contribution in [0.1, 0.15) is 30.2 Å². The minimum Gasteiger partial charge on any atom is -0.397 e. The monoisotopic (exact) mass is 492 g/mol. The molecule has 5 aromatic rings. The Bertz CT molecular complexity index is 1580. The van der Waals surface area contributed by atoms with Gasteiger partial charge in [0.05, 0.1) is 22.8 Å². The Labute approximate surface area is 214 Å². The van der Waals surface area contributed by atoms with Gasteiger partial charge in [0.25, 0.3) is 0 Å². The summed E-state index contributed by atoms with van der Waals surface area (Å²) in [5.74, 6) is 0. The van der Waals surface area contributed by atoms with E-state index in [1.807, 2.05) is 55.5 Å². The summed E-state index contributed by atoms with van der Waals surface area (Å²) >= 11 is 1.56. The lowest BCUT2D eigenvalue weighted by Crippen LogP contribution is -2.00. The van der Waals surface area contributed by atoms with E-state index in [0.717, 1.165) is 68.1 Å². The quantitative estimate of drug-likeness (QED) is 0.194. The van der Waals surface area contributed by atoms with E-state index in [0.29, 0.717) is 5.69 Å². The smallest absolute Gasteiger partial charge is 0.187 e. The Balaban J connectivity index is 1.32. The number of imidazole rings is 1. The lowest BCUT2D eigenvalue weighted by atomic mass is 10.1. The van der Waals surface area contributed by atoms with E-state index in [4.69, 9.17) is 15.7 Å². The number of nitrogens with zero attached hydrogens (tertiary/aromatic N) is 3. The molecule has 180 valence electrons. The number of nitrogens with one attached hydrogen (secondary N) is 2. The van der Waals surface area contributed by atoms with Crippen LogP contribution >= 0.6 is 11.3 Å². The highest BCUT2D eigenvalue weighted by molar-refractivity contribution is 7.14. The van der Waals surface area contributed by atoms with Gasteiger partial charge in [0, 0.05) is 23.0 Å². The third-order valence-corrected chi connectivity index (χ3v) is 6.87. The zero-order valence-electron chi connectivity index (χ0n) is 20.4. The summed E-state index contributed by atoms with van der Waals surface area (Å²) < 4.78 is 2.09. The first-order valence-electron chi connectivity index (χ1n) is 11.7. The van der Waals surface area contributed by atoms with Crippen LogP contribution in [-0.4, -0.2) is 14.4 Å². The van der Waals surface area contributed by atoms with Crippen molar-refractivity contribution in [2.75, 3.05) is 16.4 Å². The second kappa shape index (κ2) is 9.71. The Morgan fingerprint density at radius 1 is 1.03 bits per heavy atom. The van der Waals surface area contributed by atoms with Crippen LogP contribution in [0.5, 0.6) is 0 Å². The molecule has 0 fully saturated rings. The molecule has 36 heavy (non-hydrogen) atoms. The highest BCUT2D eigenvalue weighted by atomic mass is 32.1. The molecule has 5 rings (SSSR count). The topological polar surface area (TPSA) is 80.3 Å². The molecule has 3 aromatic heterocycles. The first-order chi connectivity index (χ1) is 17.4. The summed E-state index contributed by atoms with van der Waals surface area (Å²) in [6.07, 6.45) is 2.97. The number of thiazole rings is 1. The summed E-state index contributed by atoms with van der Waals surface area (Å²) in [6.45, 7) is 12.4. The number of benzene rings is 2. The van der Waals surface area contributed by atoms with Crippen LogP contribution in [0, 0.1) is 6.92 Å². The van der Waals surface area contributed by atoms with Gasteiger partial charge in [-0.3, -0.25) is 4.40 Å². The van der Waals surface area contributed by atoms with Gasteiger partial charge < -0.3 is 16.4 Å². The molecular weight excluding hydrogens is 464 g/mol. The predicted molar refractivity (Wildman–Crippen MR) is 154 cm³/mol. The molecule has 0 aliphatic rings. The zero-order valence-corrected chi connectivity index (χ0v) is 21.2. The second-order valence-electron chi connectivity index (χ2n) is 8.58. The van der Waals surface area contributed by atoms with E-state index >= 15 is 0 Å². The number of pyridine rings is 1. The number of allylic oxidation sites excluding steroid dienone is 1. The Hall–Kier alpha value is -4.36. The maximum absolute atomic E-state index is 6.03. The zero-order chi connectivity index (χ0) is 25.2. The number of rotatable bonds is 8. The summed E-state index contributed by atoms with van der Waals surface area (Å²) in [6, 6.07) is 19.9. The number of aryl methyl sites for hydroxylation is 1. The van der Waals surface area contributed by atoms with Crippen molar-refractivity contribution in [3.05, 3.63) is 102 Å². The average molecular weight is 493 g/mol. The predicted octanol–water partition coefficient (Wildman–Crippen LogP) is 7.60. The van der Waals surface area contributed by atoms with Gasteiger partial charge >= 0.3 is 0 Å². The summed E-state index contributed by atoms with van der Waals surface area (Å²) in [4.78, 5) is 9.61. The van der Waals surface area contributed by atoms with Gasteiger partial charge in [0.15, 0.2) is 5.13 Å². The molecule has 0 saturated carbocycles. The number of anilines is 4. The largest absolute Gasteiger partial charge is 0.397 e. The van der Waals surface area contributed by atoms with Gasteiger partial charge in [-0.2, -0.15) is 0 Å². The molecule has 0 amide bonds. The summed E-state index contributed by atoms with van der Waals surface area (Å²) in [5.41, 5.74) is 16.2. The van der Waals surface area contributed by atoms with Crippen molar-refractivity contribution >= 4 is 50.4 Å². The maximum Gasteiger partial charge on any atom is 0.187 e. The summed E-state index contributed by atoms with van der Waals surface area (Å²) in [5, 5.41) is 9.56. The van der Waals surface area contributed by atoms with Crippen LogP contribution < -0.4 is 16.4 Å². The van der Waals surface area contributed by atoms with Crippen LogP contribution in [-0.2, 0) is 0 Å². The van der Waals surface area contributed by atoms with Crippen molar-refractivity contribution in [2.24, 2.45) is 0 Å². The van der Waals surface area contributed by atoms with Crippen molar-refractivity contribution in [3.63, 3.8) is 0 Å². The third kappa shape index (κ3) is 4.61. The van der Waals surface area contributed by atoms with Gasteiger partial charge in [0.2, 0.25) is 0 Å². The van der Waals surface area contributed by atoms with Crippen LogP contribution in [0.4, 0.5) is 22.2 Å². The van der Waals surface area contributed by atoms with Crippen LogP contribution in [0.3, 0.4) is 0 Å². The lowest BCUT2D eigenvalue weighted by Gasteiger charge is -2.12. The molecule has 0 saturated heterocycles. The van der Waals surface area contributed by atoms with E-state index in [2.05, 4.69) is 58.8 Å². The van der Waals surface area contributed by atoms with Gasteiger partial charge in [-0.25, -0.2) is 9.97 Å². The number of nitrogen functional groups attached to an aromatic ring is 1. The number of hydrogen-bond acceptors (Lipinski definition) is 6. The molecule has 0 bridgehead atoms. The molecule has 0 radical (unpaired) electrons. The number of nitrogens with two attached hydrogens (primary N) is 1. The average Bonchev–Trinajstić information content (AvgIpc) is 3.47. The van der Waals surface area contributed by atoms with E-state index < -0.39 is 0 Å². The number of para-hydroxylation sites is 2. The van der Waals surface area contributed by atoms with Crippen molar-refractivity contribution in [1.29, 1.82) is 0 Å². The molecule has 4 N–H and O–H groups in total. The van der Waals surface area contributed by atoms with Crippen molar-refractivity contribution < 1.29 is 0 Å². The highest BCUT2D eigenvalue weighted by Gasteiger charge is 2.15. The SMILES string of the molecule is C=C(CC)c1ccn2c(-c3csc(Nc4ccc(C(=C)Nc5ccccc5N)cc4)n3)c(C)nc2c1. The Kier molecular flexibility index (Phi) is 6.31. The maximum atomic E-state index is 6.03. The van der Waals surface area contributed by atoms with E-state index in [-0.39, 0.29) is 0 Å². The first kappa shape index (κ1) is 23.4. The Morgan fingerprint density at radius 2 is 1.81 bits per heavy atom. The van der Waals surface area contributed by atoms with Crippen molar-refractivity contribution in [3.8, 4) is 11.4 Å². The number of aromatic nitrogens is 3. The second-order valence-corrected chi connectivity index (χ2v) is 9.44. The molecule has 7 heteroatoms. The fourth-order valence-corrected chi connectivity index (χ4v) is 4.77. The molecule has 6 nitrogen and oxygen atoms in total. The van der Waals surface area contributed by atoms with Crippen LogP contribution in [0.15, 0.2) is 85.4 Å². The van der Waals surface area contributed by atoms with Crippen LogP contribution in [0.25, 0.3) is 28.3 Å². The van der Waals surface area contributed by atoms with Gasteiger partial charge in [-0.05, 0) is 66.4 Å². The van der Waals surface area contributed by atoms with E-state index in [9.17, 15) is 0 Å². The molecule has 0 aliphatic carbocycles. The van der Waals surface area contributed by atoms with Crippen molar-refractivity contribution in [2.45, 2.75) is 20.3 Å². The molecule has 2 aromatic carbocycles. The lowest BCUT2D eigenvalue weighted by molar-refractivity contribution is 1.16. The molecule has 3 heterocycles. The van der Waals surface area contributed by atoms with Gasteiger partial charge in [-0.1, -0.05) is 44.3 Å². The molecule has 0 atom stereocenters. The third-order valence-electron chi connectivity index (χ3n) is 6.11. The Morgan fingerprint density at radius 3 is 2.56 bits per heavy atom. The number of fused-ring (bicyclic) bond motifs is 1. The minimum absolute atomic E-state index is 0.685. The fraction of sp³-hybridized carbons (Fsp3) is 0.103. The van der Waals surface area contributed by atoms with E-state index in [1.54, 1.807) is 11.3 Å². The molecular formula is C29H28N6S. The standard InChI is InChI=1S/C29H28N6S/c1-5-18(2)22-14-15-35-27(16-22)32-20(4)28(35)26-17-36-29(34-26)33-23-12-10-21(11-13-23)19(3)31-25-9-7-6-8-24(25)30/h6-17,31H,2-3,5,30H2,1,4H3,(H,33,34). The molecule has 0 unspecified atom stereocenters. The summed E-state index contributed by atoms with van der Waals surface area (Å²) in [7, 11) is 0. The molecule has 0 spiro atoms. The fourth-order valence-electron chi connectivity index (χ4n) is 4.06. The minimum atomic E-state index is 0.685. The molecule has 0 aliphatic heterocycles. The van der Waals surface area contributed by atoms with Crippen LogP contribution in [0.2, 0.25) is 0 Å². The van der Waals surface area contributed by atoms with Gasteiger partial charge in [0.1, 0.15) is 11.3 Å².